The third kappa shape index (κ3) is 4.74. The Morgan fingerprint density at radius 3 is 2.38 bits per heavy atom. The van der Waals surface area contributed by atoms with E-state index in [1.54, 1.807) is 0 Å². The summed E-state index contributed by atoms with van der Waals surface area (Å²) >= 11 is 0. The number of pyridine rings is 1. The minimum absolute atomic E-state index is 0.0291. The SMILES string of the molecule is CN(c1cc(C(F)(F)F)nc(-c2ccncc2)n1)C1CCN(CC(F)(F)F)C1=O. The van der Waals surface area contributed by atoms with Crippen LogP contribution in [0, 0.1) is 0 Å². The maximum Gasteiger partial charge on any atom is 0.433 e. The van der Waals surface area contributed by atoms with E-state index in [1.165, 1.54) is 31.6 Å². The van der Waals surface area contributed by atoms with Gasteiger partial charge in [0.05, 0.1) is 0 Å². The van der Waals surface area contributed by atoms with Crippen molar-refractivity contribution in [2.45, 2.75) is 24.8 Å². The highest BCUT2D eigenvalue weighted by molar-refractivity contribution is 5.87. The van der Waals surface area contributed by atoms with E-state index in [0.29, 0.717) is 11.0 Å². The van der Waals surface area contributed by atoms with Crippen LogP contribution in [0.2, 0.25) is 0 Å². The first-order chi connectivity index (χ1) is 13.5. The Morgan fingerprint density at radius 1 is 1.14 bits per heavy atom. The lowest BCUT2D eigenvalue weighted by molar-refractivity contribution is -0.157. The third-order valence-corrected chi connectivity index (χ3v) is 4.41. The van der Waals surface area contributed by atoms with Crippen molar-refractivity contribution >= 4 is 11.7 Å². The van der Waals surface area contributed by atoms with E-state index in [9.17, 15) is 31.1 Å². The highest BCUT2D eigenvalue weighted by Gasteiger charge is 2.42. The fraction of sp³-hybridized carbons (Fsp3) is 0.412. The quantitative estimate of drug-likeness (QED) is 0.713. The molecule has 2 aromatic heterocycles. The number of likely N-dealkylation sites (tertiary alicyclic amines) is 1. The van der Waals surface area contributed by atoms with Gasteiger partial charge in [-0.25, -0.2) is 9.97 Å². The van der Waals surface area contributed by atoms with Crippen LogP contribution in [-0.4, -0.2) is 58.1 Å². The topological polar surface area (TPSA) is 62.2 Å². The standard InChI is InChI=1S/C17H15F6N5O/c1-27(11-4-7-28(15(11)29)9-16(18,19)20)13-8-12(17(21,22)23)25-14(26-13)10-2-5-24-6-3-10/h2-3,5-6,8,11H,4,7,9H2,1H3. The van der Waals surface area contributed by atoms with E-state index >= 15 is 0 Å². The van der Waals surface area contributed by atoms with Crippen molar-refractivity contribution in [3.63, 3.8) is 0 Å². The van der Waals surface area contributed by atoms with E-state index < -0.39 is 36.5 Å². The molecular formula is C17H15F6N5O. The molecule has 1 aliphatic heterocycles. The molecule has 12 heteroatoms. The highest BCUT2D eigenvalue weighted by Crippen LogP contribution is 2.33. The Labute approximate surface area is 161 Å². The number of alkyl halides is 6. The summed E-state index contributed by atoms with van der Waals surface area (Å²) in [5, 5.41) is 0. The summed E-state index contributed by atoms with van der Waals surface area (Å²) < 4.78 is 77.7. The van der Waals surface area contributed by atoms with Crippen LogP contribution in [-0.2, 0) is 11.0 Å². The molecule has 3 heterocycles. The van der Waals surface area contributed by atoms with Crippen molar-refractivity contribution in [3.05, 3.63) is 36.3 Å². The fourth-order valence-corrected chi connectivity index (χ4v) is 3.01. The second-order valence-electron chi connectivity index (χ2n) is 6.46. The zero-order valence-corrected chi connectivity index (χ0v) is 15.0. The molecule has 1 fully saturated rings. The molecule has 156 valence electrons. The van der Waals surface area contributed by atoms with Crippen LogP contribution in [0.25, 0.3) is 11.4 Å². The van der Waals surface area contributed by atoms with Gasteiger partial charge in [0, 0.05) is 37.6 Å². The summed E-state index contributed by atoms with van der Waals surface area (Å²) in [6.07, 6.45) is -6.59. The molecule has 2 aromatic rings. The van der Waals surface area contributed by atoms with E-state index in [4.69, 9.17) is 0 Å². The van der Waals surface area contributed by atoms with Gasteiger partial charge in [-0.15, -0.1) is 0 Å². The third-order valence-electron chi connectivity index (χ3n) is 4.41. The number of halogens is 6. The number of anilines is 1. The smallest absolute Gasteiger partial charge is 0.347 e. The molecule has 6 nitrogen and oxygen atoms in total. The van der Waals surface area contributed by atoms with Crippen molar-refractivity contribution in [1.82, 2.24) is 19.9 Å². The van der Waals surface area contributed by atoms with Gasteiger partial charge < -0.3 is 9.80 Å². The van der Waals surface area contributed by atoms with Gasteiger partial charge >= 0.3 is 12.4 Å². The summed E-state index contributed by atoms with van der Waals surface area (Å²) in [5.41, 5.74) is -0.948. The van der Waals surface area contributed by atoms with Gasteiger partial charge in [0.2, 0.25) is 5.91 Å². The molecule has 0 bridgehead atoms. The van der Waals surface area contributed by atoms with Gasteiger partial charge in [-0.2, -0.15) is 26.3 Å². The molecule has 0 radical (unpaired) electrons. The maximum atomic E-state index is 13.3. The van der Waals surface area contributed by atoms with E-state index in [-0.39, 0.29) is 30.2 Å². The van der Waals surface area contributed by atoms with Crippen LogP contribution in [0.5, 0.6) is 0 Å². The number of nitrogens with zero attached hydrogens (tertiary/aromatic N) is 5. The summed E-state index contributed by atoms with van der Waals surface area (Å²) in [6, 6.07) is 2.46. The molecular weight excluding hydrogens is 404 g/mol. The van der Waals surface area contributed by atoms with Crippen molar-refractivity contribution in [3.8, 4) is 11.4 Å². The largest absolute Gasteiger partial charge is 0.433 e. The maximum absolute atomic E-state index is 13.3. The number of likely N-dealkylation sites (N-methyl/N-ethyl adjacent to an activating group) is 1. The van der Waals surface area contributed by atoms with E-state index in [0.717, 1.165) is 4.90 Å². The summed E-state index contributed by atoms with van der Waals surface area (Å²) in [5.74, 6) is -1.27. The lowest BCUT2D eigenvalue weighted by Gasteiger charge is -2.26. The Kier molecular flexibility index (Phi) is 5.37. The number of amides is 1. The molecule has 0 aromatic carbocycles. The first-order valence-electron chi connectivity index (χ1n) is 8.41. The molecule has 3 rings (SSSR count). The Hall–Kier alpha value is -2.92. The lowest BCUT2D eigenvalue weighted by atomic mass is 10.2. The fourth-order valence-electron chi connectivity index (χ4n) is 3.01. The molecule has 1 unspecified atom stereocenters. The first kappa shape index (κ1) is 20.8. The number of carbonyl (C=O) groups is 1. The average molecular weight is 419 g/mol. The van der Waals surface area contributed by atoms with Gasteiger partial charge in [-0.05, 0) is 18.6 Å². The number of hydrogen-bond acceptors (Lipinski definition) is 5. The lowest BCUT2D eigenvalue weighted by Crippen LogP contribution is -2.43. The predicted molar refractivity (Wildman–Crippen MR) is 89.7 cm³/mol. The molecule has 1 aliphatic rings. The molecule has 1 saturated heterocycles. The number of hydrogen-bond donors (Lipinski definition) is 0. The summed E-state index contributed by atoms with van der Waals surface area (Å²) in [6.45, 7) is -1.56. The second-order valence-corrected chi connectivity index (χ2v) is 6.46. The van der Waals surface area contributed by atoms with Crippen LogP contribution in [0.15, 0.2) is 30.6 Å². The number of carbonyl (C=O) groups excluding carboxylic acids is 1. The van der Waals surface area contributed by atoms with Crippen molar-refractivity contribution in [1.29, 1.82) is 0 Å². The summed E-state index contributed by atoms with van der Waals surface area (Å²) in [4.78, 5) is 25.5. The van der Waals surface area contributed by atoms with Crippen molar-refractivity contribution in [2.75, 3.05) is 25.0 Å². The zero-order chi connectivity index (χ0) is 21.4. The van der Waals surface area contributed by atoms with Gasteiger partial charge in [0.25, 0.3) is 0 Å². The predicted octanol–water partition coefficient (Wildman–Crippen LogP) is 3.16. The Bertz CT molecular complexity index is 886. The number of aromatic nitrogens is 3. The Balaban J connectivity index is 1.94. The normalized spacial score (nSPS) is 17.7. The Morgan fingerprint density at radius 2 is 1.79 bits per heavy atom. The van der Waals surface area contributed by atoms with Gasteiger partial charge in [-0.1, -0.05) is 0 Å². The molecule has 0 aliphatic carbocycles. The minimum Gasteiger partial charge on any atom is -0.347 e. The van der Waals surface area contributed by atoms with E-state index in [1.807, 2.05) is 0 Å². The van der Waals surface area contributed by atoms with Crippen LogP contribution in [0.4, 0.5) is 32.2 Å². The zero-order valence-electron chi connectivity index (χ0n) is 15.0. The average Bonchev–Trinajstić information content (AvgIpc) is 2.99. The van der Waals surface area contributed by atoms with Crippen LogP contribution >= 0.6 is 0 Å². The second kappa shape index (κ2) is 7.48. The monoisotopic (exact) mass is 419 g/mol. The van der Waals surface area contributed by atoms with Gasteiger partial charge in [-0.3, -0.25) is 9.78 Å². The van der Waals surface area contributed by atoms with Gasteiger partial charge in [0.1, 0.15) is 18.4 Å². The van der Waals surface area contributed by atoms with Crippen LogP contribution < -0.4 is 4.90 Å². The molecule has 29 heavy (non-hydrogen) atoms. The number of rotatable bonds is 4. The van der Waals surface area contributed by atoms with Crippen LogP contribution in [0.1, 0.15) is 12.1 Å². The molecule has 0 saturated carbocycles. The molecule has 0 N–H and O–H groups in total. The van der Waals surface area contributed by atoms with Crippen LogP contribution in [0.3, 0.4) is 0 Å². The van der Waals surface area contributed by atoms with E-state index in [2.05, 4.69) is 15.0 Å². The minimum atomic E-state index is -4.78. The molecule has 1 amide bonds. The first-order valence-corrected chi connectivity index (χ1v) is 8.41. The summed E-state index contributed by atoms with van der Waals surface area (Å²) in [7, 11) is 1.32. The van der Waals surface area contributed by atoms with Crippen molar-refractivity contribution < 1.29 is 31.1 Å². The van der Waals surface area contributed by atoms with Crippen molar-refractivity contribution in [2.24, 2.45) is 0 Å². The molecule has 1 atom stereocenters. The molecule has 0 spiro atoms. The van der Waals surface area contributed by atoms with Gasteiger partial charge in [0.15, 0.2) is 11.5 Å². The highest BCUT2D eigenvalue weighted by atomic mass is 19.4.